The fraction of sp³-hybridized carbons (Fsp3) is 0.700. The fourth-order valence-corrected chi connectivity index (χ4v) is 1.36. The number of halogens is 1. The van der Waals surface area contributed by atoms with Gasteiger partial charge in [-0.2, -0.15) is 0 Å². The van der Waals surface area contributed by atoms with Crippen molar-refractivity contribution in [2.24, 2.45) is 0 Å². The van der Waals surface area contributed by atoms with E-state index in [4.69, 9.17) is 10.2 Å². The quantitative estimate of drug-likeness (QED) is 0.764. The molecule has 0 spiro atoms. The molecule has 138 valence electrons. The Balaban J connectivity index is -0.000000304. The molecular weight excluding hydrogens is 291 g/mol. The van der Waals surface area contributed by atoms with E-state index in [1.54, 1.807) is 0 Å². The lowest BCUT2D eigenvalue weighted by atomic mass is 10.0. The van der Waals surface area contributed by atoms with Gasteiger partial charge in [-0.15, -0.1) is 0 Å². The van der Waals surface area contributed by atoms with Crippen molar-refractivity contribution in [3.8, 4) is 0 Å². The molecule has 0 amide bonds. The molecule has 0 aromatic heterocycles. The lowest BCUT2D eigenvalue weighted by molar-refractivity contribution is 0.110. The van der Waals surface area contributed by atoms with E-state index in [1.165, 1.54) is 44.7 Å². The number of aliphatic hydroxyl groups excluding tert-OH is 2. The second kappa shape index (κ2) is 19.1. The summed E-state index contributed by atoms with van der Waals surface area (Å²) in [7, 11) is 0. The monoisotopic (exact) mass is 330 g/mol. The first-order chi connectivity index (χ1) is 10.7. The normalized spacial score (nSPS) is 10.7. The van der Waals surface area contributed by atoms with Gasteiger partial charge in [0.05, 0.1) is 18.9 Å². The summed E-state index contributed by atoms with van der Waals surface area (Å²) in [5.41, 5.74) is 2.90. The topological polar surface area (TPSA) is 40.5 Å². The first kappa shape index (κ1) is 26.9. The molecule has 1 aromatic rings. The van der Waals surface area contributed by atoms with E-state index in [0.29, 0.717) is 5.92 Å². The van der Waals surface area contributed by atoms with E-state index < -0.39 is 12.3 Å². The fourth-order valence-electron chi connectivity index (χ4n) is 1.36. The Morgan fingerprint density at radius 3 is 1.52 bits per heavy atom. The Morgan fingerprint density at radius 2 is 1.30 bits per heavy atom. The molecule has 2 nitrogen and oxygen atoms in total. The van der Waals surface area contributed by atoms with E-state index in [-0.39, 0.29) is 6.61 Å². The van der Waals surface area contributed by atoms with E-state index in [1.807, 2.05) is 13.8 Å². The van der Waals surface area contributed by atoms with Crippen molar-refractivity contribution in [2.45, 2.75) is 86.4 Å². The zero-order valence-electron chi connectivity index (χ0n) is 16.4. The SMILES string of the molecule is CC.CC(C)F.CC(O)CO.CCCc1ccc(C(C)C)cc1. The summed E-state index contributed by atoms with van der Waals surface area (Å²) in [6.45, 7) is 15.1. The first-order valence-electron chi connectivity index (χ1n) is 8.76. The molecule has 1 atom stereocenters. The molecule has 0 aliphatic carbocycles. The van der Waals surface area contributed by atoms with Crippen LogP contribution in [-0.4, -0.2) is 29.1 Å². The molecule has 0 saturated heterocycles. The van der Waals surface area contributed by atoms with Crippen LogP contribution in [0.2, 0.25) is 0 Å². The van der Waals surface area contributed by atoms with E-state index in [2.05, 4.69) is 45.0 Å². The lowest BCUT2D eigenvalue weighted by Gasteiger charge is -2.05. The minimum atomic E-state index is -0.667. The standard InChI is InChI=1S/C12H18.C3H7F.C3H8O2.C2H6/c1-4-5-11-6-8-12(9-7-11)10(2)3;1-3(2)4;1-3(5)2-4;1-2/h6-10H,4-5H2,1-3H3;3H,1-2H3;3-5H,2H2,1H3;1-2H3. The summed E-state index contributed by atoms with van der Waals surface area (Å²) in [4.78, 5) is 0. The summed E-state index contributed by atoms with van der Waals surface area (Å²) >= 11 is 0. The number of aryl methyl sites for hydroxylation is 1. The van der Waals surface area contributed by atoms with Gasteiger partial charge in [-0.25, -0.2) is 4.39 Å². The minimum Gasteiger partial charge on any atom is -0.394 e. The van der Waals surface area contributed by atoms with Crippen molar-refractivity contribution in [3.63, 3.8) is 0 Å². The predicted molar refractivity (Wildman–Crippen MR) is 101 cm³/mol. The molecule has 23 heavy (non-hydrogen) atoms. The molecule has 0 aliphatic rings. The van der Waals surface area contributed by atoms with Gasteiger partial charge in [0.2, 0.25) is 0 Å². The van der Waals surface area contributed by atoms with Crippen LogP contribution in [0.1, 0.15) is 78.9 Å². The average molecular weight is 331 g/mol. The van der Waals surface area contributed by atoms with Gasteiger partial charge in [0, 0.05) is 0 Å². The number of hydrogen-bond acceptors (Lipinski definition) is 2. The maximum absolute atomic E-state index is 11.0. The number of hydrogen-bond donors (Lipinski definition) is 2. The summed E-state index contributed by atoms with van der Waals surface area (Å²) in [6.07, 6.45) is 1.22. The van der Waals surface area contributed by atoms with Crippen LogP contribution in [0.25, 0.3) is 0 Å². The van der Waals surface area contributed by atoms with Crippen molar-refractivity contribution >= 4 is 0 Å². The van der Waals surface area contributed by atoms with Crippen LogP contribution in [0.5, 0.6) is 0 Å². The molecular formula is C20H39FO2. The zero-order chi connectivity index (χ0) is 18.8. The summed E-state index contributed by atoms with van der Waals surface area (Å²) in [5, 5.41) is 16.0. The molecule has 0 saturated carbocycles. The van der Waals surface area contributed by atoms with Crippen molar-refractivity contribution in [2.75, 3.05) is 6.61 Å². The Bertz CT molecular complexity index is 316. The van der Waals surface area contributed by atoms with Crippen molar-refractivity contribution < 1.29 is 14.6 Å². The number of rotatable bonds is 4. The molecule has 0 aliphatic heterocycles. The first-order valence-corrected chi connectivity index (χ1v) is 8.76. The van der Waals surface area contributed by atoms with Gasteiger partial charge < -0.3 is 10.2 Å². The van der Waals surface area contributed by atoms with Gasteiger partial charge in [-0.1, -0.05) is 65.3 Å². The maximum atomic E-state index is 11.0. The zero-order valence-corrected chi connectivity index (χ0v) is 16.4. The highest BCUT2D eigenvalue weighted by Gasteiger charge is 1.97. The Morgan fingerprint density at radius 1 is 0.957 bits per heavy atom. The van der Waals surface area contributed by atoms with Gasteiger partial charge in [0.15, 0.2) is 0 Å². The summed E-state index contributed by atoms with van der Waals surface area (Å²) < 4.78 is 11.0. The molecule has 0 heterocycles. The van der Waals surface area contributed by atoms with Crippen LogP contribution >= 0.6 is 0 Å². The van der Waals surface area contributed by atoms with Crippen LogP contribution in [0.4, 0.5) is 4.39 Å². The van der Waals surface area contributed by atoms with Crippen molar-refractivity contribution in [1.82, 2.24) is 0 Å². The van der Waals surface area contributed by atoms with Crippen molar-refractivity contribution in [1.29, 1.82) is 0 Å². The Kier molecular flexibility index (Phi) is 22.4. The van der Waals surface area contributed by atoms with E-state index in [9.17, 15) is 4.39 Å². The molecule has 0 radical (unpaired) electrons. The third kappa shape index (κ3) is 23.5. The summed E-state index contributed by atoms with van der Waals surface area (Å²) in [6, 6.07) is 8.99. The second-order valence-electron chi connectivity index (χ2n) is 5.69. The van der Waals surface area contributed by atoms with Gasteiger partial charge in [-0.05, 0) is 44.2 Å². The number of aliphatic hydroxyl groups is 2. The highest BCUT2D eigenvalue weighted by atomic mass is 19.1. The highest BCUT2D eigenvalue weighted by Crippen LogP contribution is 2.15. The smallest absolute Gasteiger partial charge is 0.0945 e. The largest absolute Gasteiger partial charge is 0.394 e. The van der Waals surface area contributed by atoms with Crippen LogP contribution in [0.3, 0.4) is 0 Å². The van der Waals surface area contributed by atoms with Crippen LogP contribution in [0.15, 0.2) is 24.3 Å². The van der Waals surface area contributed by atoms with E-state index in [0.717, 1.165) is 0 Å². The lowest BCUT2D eigenvalue weighted by Crippen LogP contribution is -2.03. The van der Waals surface area contributed by atoms with Gasteiger partial charge in [0.25, 0.3) is 0 Å². The Hall–Kier alpha value is -0.930. The van der Waals surface area contributed by atoms with Crippen LogP contribution in [-0.2, 0) is 6.42 Å². The molecule has 0 bridgehead atoms. The van der Waals surface area contributed by atoms with Crippen LogP contribution < -0.4 is 0 Å². The molecule has 0 fully saturated rings. The third-order valence-electron chi connectivity index (χ3n) is 2.45. The Labute approximate surface area is 143 Å². The number of alkyl halides is 1. The minimum absolute atomic E-state index is 0.139. The van der Waals surface area contributed by atoms with Crippen LogP contribution in [0, 0.1) is 0 Å². The molecule has 1 aromatic carbocycles. The van der Waals surface area contributed by atoms with E-state index >= 15 is 0 Å². The predicted octanol–water partition coefficient (Wildman–Crippen LogP) is 5.51. The third-order valence-corrected chi connectivity index (χ3v) is 2.45. The molecule has 2 N–H and O–H groups in total. The highest BCUT2D eigenvalue weighted by molar-refractivity contribution is 5.24. The van der Waals surface area contributed by atoms with Gasteiger partial charge >= 0.3 is 0 Å². The molecule has 1 unspecified atom stereocenters. The maximum Gasteiger partial charge on any atom is 0.0945 e. The molecule has 1 rings (SSSR count). The second-order valence-corrected chi connectivity index (χ2v) is 5.69. The average Bonchev–Trinajstić information content (AvgIpc) is 2.50. The van der Waals surface area contributed by atoms with Gasteiger partial charge in [-0.3, -0.25) is 0 Å². The van der Waals surface area contributed by atoms with Gasteiger partial charge in [0.1, 0.15) is 0 Å². The summed E-state index contributed by atoms with van der Waals surface area (Å²) in [5.74, 6) is 0.653. The molecule has 3 heteroatoms. The van der Waals surface area contributed by atoms with Crippen molar-refractivity contribution in [3.05, 3.63) is 35.4 Å². The number of benzene rings is 1.